The fraction of sp³-hybridized carbons (Fsp3) is 0.182. The van der Waals surface area contributed by atoms with E-state index in [0.717, 1.165) is 18.1 Å². The molecule has 0 bridgehead atoms. The zero-order valence-corrected chi connectivity index (χ0v) is 8.14. The highest BCUT2D eigenvalue weighted by molar-refractivity contribution is 5.55. The van der Waals surface area contributed by atoms with Crippen LogP contribution in [0.1, 0.15) is 8.35 Å². The van der Waals surface area contributed by atoms with Gasteiger partial charge in [-0.25, -0.2) is 4.68 Å². The van der Waals surface area contributed by atoms with Gasteiger partial charge in [0.05, 0.1) is 6.20 Å². The van der Waals surface area contributed by atoms with Crippen LogP contribution in [-0.4, -0.2) is 9.78 Å². The molecule has 0 aliphatic rings. The molecule has 0 amide bonds. The standard InChI is InChI=1S/C11H13N3.H2/c1-2-14-11(8-9-12-14)13-10-6-4-3-5-7-10;/h3-9,13H,2H2,1H3;1H. The average molecular weight is 189 g/mol. The van der Waals surface area contributed by atoms with E-state index in [1.54, 1.807) is 6.20 Å². The molecule has 0 unspecified atom stereocenters. The Morgan fingerprint density at radius 1 is 1.29 bits per heavy atom. The molecule has 1 heterocycles. The van der Waals surface area contributed by atoms with Gasteiger partial charge in [0.25, 0.3) is 0 Å². The SMILES string of the molecule is CCn1nccc1Nc1ccccc1.[HH]. The average Bonchev–Trinajstić information content (AvgIpc) is 2.67. The number of anilines is 2. The van der Waals surface area contributed by atoms with Crippen LogP contribution in [0.4, 0.5) is 11.5 Å². The van der Waals surface area contributed by atoms with Gasteiger partial charge in [0.2, 0.25) is 0 Å². The van der Waals surface area contributed by atoms with Crippen molar-refractivity contribution in [3.05, 3.63) is 42.6 Å². The Morgan fingerprint density at radius 3 is 2.79 bits per heavy atom. The molecule has 74 valence electrons. The third-order valence-electron chi connectivity index (χ3n) is 2.06. The maximum atomic E-state index is 4.19. The van der Waals surface area contributed by atoms with Crippen LogP contribution in [0.25, 0.3) is 0 Å². The Labute approximate surface area is 84.9 Å². The van der Waals surface area contributed by atoms with Crippen molar-refractivity contribution in [2.24, 2.45) is 0 Å². The minimum Gasteiger partial charge on any atom is -0.340 e. The van der Waals surface area contributed by atoms with Crippen molar-refractivity contribution in [1.29, 1.82) is 0 Å². The van der Waals surface area contributed by atoms with Crippen LogP contribution in [0.3, 0.4) is 0 Å². The number of hydrogen-bond donors (Lipinski definition) is 1. The monoisotopic (exact) mass is 189 g/mol. The predicted octanol–water partition coefficient (Wildman–Crippen LogP) is 2.89. The predicted molar refractivity (Wildman–Crippen MR) is 59.7 cm³/mol. The molecular weight excluding hydrogens is 174 g/mol. The number of benzene rings is 1. The summed E-state index contributed by atoms with van der Waals surface area (Å²) in [7, 11) is 0. The van der Waals surface area contributed by atoms with Crippen LogP contribution in [0.2, 0.25) is 0 Å². The van der Waals surface area contributed by atoms with Crippen LogP contribution in [0.15, 0.2) is 42.6 Å². The van der Waals surface area contributed by atoms with Crippen LogP contribution in [0.5, 0.6) is 0 Å². The first-order chi connectivity index (χ1) is 6.90. The lowest BCUT2D eigenvalue weighted by Crippen LogP contribution is -2.02. The van der Waals surface area contributed by atoms with Crippen molar-refractivity contribution in [3.8, 4) is 0 Å². The molecule has 0 aliphatic heterocycles. The molecule has 14 heavy (non-hydrogen) atoms. The molecule has 3 nitrogen and oxygen atoms in total. The van der Waals surface area contributed by atoms with Gasteiger partial charge in [-0.3, -0.25) is 0 Å². The summed E-state index contributed by atoms with van der Waals surface area (Å²) < 4.78 is 1.92. The van der Waals surface area contributed by atoms with Crippen molar-refractivity contribution < 1.29 is 1.43 Å². The highest BCUT2D eigenvalue weighted by Crippen LogP contribution is 2.14. The van der Waals surface area contributed by atoms with Crippen molar-refractivity contribution in [2.45, 2.75) is 13.5 Å². The zero-order chi connectivity index (χ0) is 9.80. The topological polar surface area (TPSA) is 29.9 Å². The molecule has 0 saturated heterocycles. The van der Waals surface area contributed by atoms with Gasteiger partial charge >= 0.3 is 0 Å². The lowest BCUT2D eigenvalue weighted by molar-refractivity contribution is 0.668. The van der Waals surface area contributed by atoms with E-state index in [-0.39, 0.29) is 1.43 Å². The number of nitrogens with one attached hydrogen (secondary N) is 1. The van der Waals surface area contributed by atoms with Gasteiger partial charge in [-0.15, -0.1) is 0 Å². The normalized spacial score (nSPS) is 10.1. The van der Waals surface area contributed by atoms with Crippen LogP contribution < -0.4 is 5.32 Å². The summed E-state index contributed by atoms with van der Waals surface area (Å²) in [5.74, 6) is 1.03. The molecular formula is C11H15N3. The summed E-state index contributed by atoms with van der Waals surface area (Å²) >= 11 is 0. The third-order valence-corrected chi connectivity index (χ3v) is 2.06. The second-order valence-electron chi connectivity index (χ2n) is 3.02. The number of aryl methyl sites for hydroxylation is 1. The summed E-state index contributed by atoms with van der Waals surface area (Å²) in [6, 6.07) is 12.1. The molecule has 0 aliphatic carbocycles. The van der Waals surface area contributed by atoms with E-state index in [2.05, 4.69) is 17.3 Å². The number of hydrogen-bond acceptors (Lipinski definition) is 2. The van der Waals surface area contributed by atoms with Crippen molar-refractivity contribution in [2.75, 3.05) is 5.32 Å². The van der Waals surface area contributed by atoms with E-state index < -0.39 is 0 Å². The summed E-state index contributed by atoms with van der Waals surface area (Å²) in [5, 5.41) is 7.49. The first-order valence-electron chi connectivity index (χ1n) is 4.74. The minimum absolute atomic E-state index is 0. The molecule has 1 aromatic carbocycles. The van der Waals surface area contributed by atoms with Gasteiger partial charge in [-0.05, 0) is 19.1 Å². The van der Waals surface area contributed by atoms with Crippen LogP contribution in [-0.2, 0) is 6.54 Å². The Bertz CT molecular complexity index is 397. The van der Waals surface area contributed by atoms with Gasteiger partial charge in [0, 0.05) is 19.7 Å². The first kappa shape index (κ1) is 8.81. The molecule has 0 saturated carbocycles. The first-order valence-corrected chi connectivity index (χ1v) is 4.74. The van der Waals surface area contributed by atoms with Gasteiger partial charge in [0.15, 0.2) is 0 Å². The van der Waals surface area contributed by atoms with E-state index >= 15 is 0 Å². The van der Waals surface area contributed by atoms with Crippen molar-refractivity contribution in [3.63, 3.8) is 0 Å². The molecule has 0 fully saturated rings. The quantitative estimate of drug-likeness (QED) is 0.804. The smallest absolute Gasteiger partial charge is 0.128 e. The summed E-state index contributed by atoms with van der Waals surface area (Å²) in [6.07, 6.45) is 1.80. The van der Waals surface area contributed by atoms with Crippen LogP contribution in [0, 0.1) is 0 Å². The zero-order valence-electron chi connectivity index (χ0n) is 8.14. The highest BCUT2D eigenvalue weighted by atomic mass is 15.3. The lowest BCUT2D eigenvalue weighted by atomic mass is 10.3. The molecule has 1 N–H and O–H groups in total. The molecule has 0 atom stereocenters. The van der Waals surface area contributed by atoms with E-state index in [0.29, 0.717) is 0 Å². The Balaban J connectivity index is 0.00000112. The number of rotatable bonds is 3. The molecule has 3 heteroatoms. The molecule has 0 spiro atoms. The Hall–Kier alpha value is -1.77. The molecule has 2 aromatic rings. The Kier molecular flexibility index (Phi) is 2.49. The second kappa shape index (κ2) is 3.96. The second-order valence-corrected chi connectivity index (χ2v) is 3.02. The van der Waals surface area contributed by atoms with Crippen molar-refractivity contribution >= 4 is 11.5 Å². The van der Waals surface area contributed by atoms with Gasteiger partial charge in [-0.2, -0.15) is 5.10 Å². The summed E-state index contributed by atoms with van der Waals surface area (Å²) in [4.78, 5) is 0. The third kappa shape index (κ3) is 1.76. The summed E-state index contributed by atoms with van der Waals surface area (Å²) in [6.45, 7) is 2.95. The van der Waals surface area contributed by atoms with Gasteiger partial charge in [0.1, 0.15) is 5.82 Å². The molecule has 2 rings (SSSR count). The maximum Gasteiger partial charge on any atom is 0.128 e. The fourth-order valence-electron chi connectivity index (χ4n) is 1.36. The van der Waals surface area contributed by atoms with E-state index in [4.69, 9.17) is 0 Å². The van der Waals surface area contributed by atoms with E-state index in [1.807, 2.05) is 41.1 Å². The van der Waals surface area contributed by atoms with E-state index in [9.17, 15) is 0 Å². The number of nitrogens with zero attached hydrogens (tertiary/aromatic N) is 2. The number of aromatic nitrogens is 2. The van der Waals surface area contributed by atoms with E-state index in [1.165, 1.54) is 0 Å². The Morgan fingerprint density at radius 2 is 2.07 bits per heavy atom. The number of para-hydroxylation sites is 1. The molecule has 0 radical (unpaired) electrons. The van der Waals surface area contributed by atoms with Gasteiger partial charge < -0.3 is 5.32 Å². The molecule has 1 aromatic heterocycles. The van der Waals surface area contributed by atoms with Crippen molar-refractivity contribution in [1.82, 2.24) is 9.78 Å². The minimum atomic E-state index is 0. The largest absolute Gasteiger partial charge is 0.340 e. The van der Waals surface area contributed by atoms with Crippen LogP contribution >= 0.6 is 0 Å². The lowest BCUT2D eigenvalue weighted by Gasteiger charge is -2.07. The fourth-order valence-corrected chi connectivity index (χ4v) is 1.36. The maximum absolute atomic E-state index is 4.19. The summed E-state index contributed by atoms with van der Waals surface area (Å²) in [5.41, 5.74) is 1.09. The van der Waals surface area contributed by atoms with Gasteiger partial charge in [-0.1, -0.05) is 18.2 Å². The highest BCUT2D eigenvalue weighted by Gasteiger charge is 1.99.